The summed E-state index contributed by atoms with van der Waals surface area (Å²) in [5.74, 6) is -0.744. The first-order valence-electron chi connectivity index (χ1n) is 11.9. The van der Waals surface area contributed by atoms with Crippen molar-refractivity contribution in [1.82, 2.24) is 14.7 Å². The van der Waals surface area contributed by atoms with Gasteiger partial charge in [-0.15, -0.1) is 0 Å². The largest absolute Gasteiger partial charge is 0.462 e. The molecule has 0 bridgehead atoms. The number of benzene rings is 1. The zero-order valence-electron chi connectivity index (χ0n) is 20.0. The molecular formula is C26H30FN3O4S. The first-order valence-corrected chi connectivity index (χ1v) is 12.8. The van der Waals surface area contributed by atoms with Crippen molar-refractivity contribution in [3.05, 3.63) is 65.3 Å². The topological polar surface area (TPSA) is 81.5 Å². The molecule has 0 amide bonds. The summed E-state index contributed by atoms with van der Waals surface area (Å²) in [6, 6.07) is 5.85. The Labute approximate surface area is 208 Å². The molecule has 7 nitrogen and oxygen atoms in total. The number of rotatable bonds is 9. The van der Waals surface area contributed by atoms with Gasteiger partial charge >= 0.3 is 5.97 Å². The van der Waals surface area contributed by atoms with Gasteiger partial charge in [0.1, 0.15) is 5.82 Å². The van der Waals surface area contributed by atoms with Gasteiger partial charge in [-0.2, -0.15) is 5.10 Å². The van der Waals surface area contributed by atoms with Crippen LogP contribution < -0.4 is 0 Å². The van der Waals surface area contributed by atoms with Crippen LogP contribution in [-0.4, -0.2) is 56.5 Å². The molecule has 9 heteroatoms. The number of ketones is 1. The molecule has 2 atom stereocenters. The van der Waals surface area contributed by atoms with Crippen molar-refractivity contribution in [2.45, 2.75) is 50.9 Å². The Morgan fingerprint density at radius 1 is 1.26 bits per heavy atom. The summed E-state index contributed by atoms with van der Waals surface area (Å²) in [7, 11) is 0. The van der Waals surface area contributed by atoms with Crippen LogP contribution in [0.3, 0.4) is 0 Å². The second-order valence-corrected chi connectivity index (χ2v) is 10.3. The molecule has 4 rings (SSSR count). The van der Waals surface area contributed by atoms with E-state index in [0.717, 1.165) is 18.4 Å². The van der Waals surface area contributed by atoms with Crippen molar-refractivity contribution in [2.75, 3.05) is 19.7 Å². The molecule has 1 aromatic carbocycles. The van der Waals surface area contributed by atoms with Crippen LogP contribution in [0, 0.1) is 11.7 Å². The molecule has 0 spiro atoms. The van der Waals surface area contributed by atoms with Crippen molar-refractivity contribution < 1.29 is 23.5 Å². The minimum atomic E-state index is -0.643. The lowest BCUT2D eigenvalue weighted by Crippen LogP contribution is -2.43. The first-order chi connectivity index (χ1) is 16.9. The molecule has 0 N–H and O–H groups in total. The van der Waals surface area contributed by atoms with Crippen LogP contribution in [0.4, 0.5) is 4.39 Å². The number of ether oxygens (including phenoxy) is 1. The van der Waals surface area contributed by atoms with Crippen LogP contribution in [0.1, 0.15) is 55.1 Å². The van der Waals surface area contributed by atoms with Gasteiger partial charge in [-0.25, -0.2) is 9.18 Å². The fourth-order valence-corrected chi connectivity index (χ4v) is 5.39. The molecule has 2 aliphatic rings. The fraction of sp³-hybridized carbons (Fsp3) is 0.462. The Morgan fingerprint density at radius 3 is 2.71 bits per heavy atom. The maximum atomic E-state index is 14.8. The van der Waals surface area contributed by atoms with E-state index in [1.165, 1.54) is 24.0 Å². The average molecular weight is 500 g/mol. The summed E-state index contributed by atoms with van der Waals surface area (Å²) in [6.45, 7) is 5.03. The second kappa shape index (κ2) is 11.3. The smallest absolute Gasteiger partial charge is 0.341 e. The lowest BCUT2D eigenvalue weighted by Gasteiger charge is -2.38. The molecule has 2 heterocycles. The van der Waals surface area contributed by atoms with Gasteiger partial charge in [0.2, 0.25) is 0 Å². The number of aromatic nitrogens is 2. The van der Waals surface area contributed by atoms with E-state index >= 15 is 0 Å². The van der Waals surface area contributed by atoms with Gasteiger partial charge in [0.25, 0.3) is 0 Å². The maximum Gasteiger partial charge on any atom is 0.341 e. The summed E-state index contributed by atoms with van der Waals surface area (Å²) < 4.78 is 21.4. The van der Waals surface area contributed by atoms with Gasteiger partial charge in [-0.3, -0.25) is 19.2 Å². The molecule has 186 valence electrons. The van der Waals surface area contributed by atoms with E-state index in [1.807, 2.05) is 11.0 Å². The Bertz CT molecular complexity index is 1130. The number of halogens is 1. The molecule has 35 heavy (non-hydrogen) atoms. The van der Waals surface area contributed by atoms with E-state index in [4.69, 9.17) is 4.74 Å². The van der Waals surface area contributed by atoms with E-state index in [0.29, 0.717) is 37.2 Å². The van der Waals surface area contributed by atoms with Crippen LogP contribution in [0.2, 0.25) is 0 Å². The summed E-state index contributed by atoms with van der Waals surface area (Å²) in [6.07, 6.45) is 7.47. The molecule has 2 unspecified atom stereocenters. The van der Waals surface area contributed by atoms with E-state index in [1.54, 1.807) is 42.9 Å². The van der Waals surface area contributed by atoms with Gasteiger partial charge in [0, 0.05) is 42.9 Å². The van der Waals surface area contributed by atoms with Crippen molar-refractivity contribution in [3.8, 4) is 0 Å². The normalized spacial score (nSPS) is 20.5. The Hall–Kier alpha value is -2.78. The predicted octanol–water partition coefficient (Wildman–Crippen LogP) is 4.20. The molecule has 0 radical (unpaired) electrons. The zero-order valence-corrected chi connectivity index (χ0v) is 20.8. The van der Waals surface area contributed by atoms with Gasteiger partial charge < -0.3 is 4.74 Å². The van der Waals surface area contributed by atoms with Crippen molar-refractivity contribution in [3.63, 3.8) is 0 Å². The molecule has 1 aliphatic carbocycles. The minimum Gasteiger partial charge on any atom is -0.462 e. The van der Waals surface area contributed by atoms with Gasteiger partial charge in [0.05, 0.1) is 31.0 Å². The molecule has 1 aromatic heterocycles. The van der Waals surface area contributed by atoms with Crippen LogP contribution in [0.5, 0.6) is 0 Å². The minimum absolute atomic E-state index is 0.0123. The third-order valence-electron chi connectivity index (χ3n) is 6.29. The Kier molecular flexibility index (Phi) is 8.18. The van der Waals surface area contributed by atoms with Crippen LogP contribution in [0.15, 0.2) is 48.3 Å². The third-order valence-corrected chi connectivity index (χ3v) is 7.44. The van der Waals surface area contributed by atoms with E-state index in [-0.39, 0.29) is 34.5 Å². The average Bonchev–Trinajstić information content (AvgIpc) is 3.57. The predicted molar refractivity (Wildman–Crippen MR) is 131 cm³/mol. The number of carbonyl (C=O) groups excluding carboxylic acids is 3. The SMILES string of the molecule is CCOC(=O)c1cnn(C/C=C2/CN(C(C(=O)C3CC3)c3ccccc3F)CCC2SC(C)=O)c1. The molecule has 2 fully saturated rings. The second-order valence-electron chi connectivity index (χ2n) is 8.91. The number of carbonyl (C=O) groups is 3. The first kappa shape index (κ1) is 25.3. The van der Waals surface area contributed by atoms with Gasteiger partial charge in [-0.05, 0) is 37.8 Å². The van der Waals surface area contributed by atoms with Crippen molar-refractivity contribution in [1.29, 1.82) is 0 Å². The Balaban J connectivity index is 1.57. The summed E-state index contributed by atoms with van der Waals surface area (Å²) in [4.78, 5) is 39.2. The summed E-state index contributed by atoms with van der Waals surface area (Å²) in [5, 5.41) is 4.24. The van der Waals surface area contributed by atoms with Crippen molar-refractivity contribution >= 4 is 28.6 Å². The van der Waals surface area contributed by atoms with Gasteiger partial charge in [0.15, 0.2) is 10.9 Å². The third kappa shape index (κ3) is 6.27. The highest BCUT2D eigenvalue weighted by atomic mass is 32.2. The number of likely N-dealkylation sites (tertiary alicyclic amines) is 1. The van der Waals surface area contributed by atoms with E-state index in [2.05, 4.69) is 5.10 Å². The molecule has 1 saturated heterocycles. The summed E-state index contributed by atoms with van der Waals surface area (Å²) >= 11 is 1.28. The highest BCUT2D eigenvalue weighted by Crippen LogP contribution is 2.40. The monoisotopic (exact) mass is 499 g/mol. The number of allylic oxidation sites excluding steroid dienone is 1. The quantitative estimate of drug-likeness (QED) is 0.378. The summed E-state index contributed by atoms with van der Waals surface area (Å²) in [5.41, 5.74) is 1.78. The maximum absolute atomic E-state index is 14.8. The number of piperidine rings is 1. The number of Topliss-reactive ketones (excluding diaryl/α,β-unsaturated/α-hetero) is 1. The van der Waals surface area contributed by atoms with Gasteiger partial charge in [-0.1, -0.05) is 36.0 Å². The number of hydrogen-bond acceptors (Lipinski definition) is 7. The van der Waals surface area contributed by atoms with Crippen LogP contribution in [-0.2, 0) is 20.9 Å². The number of esters is 1. The van der Waals surface area contributed by atoms with Crippen LogP contribution >= 0.6 is 11.8 Å². The highest BCUT2D eigenvalue weighted by molar-refractivity contribution is 8.14. The number of nitrogens with zero attached hydrogens (tertiary/aromatic N) is 3. The lowest BCUT2D eigenvalue weighted by molar-refractivity contribution is -0.126. The molecule has 1 aliphatic heterocycles. The molecule has 1 saturated carbocycles. The van der Waals surface area contributed by atoms with Crippen LogP contribution in [0.25, 0.3) is 0 Å². The molecular weight excluding hydrogens is 469 g/mol. The standard InChI is InChI=1S/C26H30FN3O4S/c1-3-34-26(33)20-14-28-30(16-20)13-10-19-15-29(12-11-23(19)35-17(2)31)24(25(32)18-8-9-18)21-6-4-5-7-22(21)27/h4-7,10,14,16,18,23-24H,3,8-9,11-13,15H2,1-2H3/b19-10-. The Morgan fingerprint density at radius 2 is 2.03 bits per heavy atom. The van der Waals surface area contributed by atoms with E-state index < -0.39 is 12.0 Å². The molecule has 2 aromatic rings. The zero-order chi connectivity index (χ0) is 24.9. The van der Waals surface area contributed by atoms with Crippen molar-refractivity contribution in [2.24, 2.45) is 5.92 Å². The lowest BCUT2D eigenvalue weighted by atomic mass is 9.93. The fourth-order valence-electron chi connectivity index (χ4n) is 4.45. The van der Waals surface area contributed by atoms with E-state index in [9.17, 15) is 18.8 Å². The number of thioether (sulfide) groups is 1. The highest BCUT2D eigenvalue weighted by Gasteiger charge is 2.41. The number of hydrogen-bond donors (Lipinski definition) is 0.